The highest BCUT2D eigenvalue weighted by Gasteiger charge is 2.85. The van der Waals surface area contributed by atoms with Crippen molar-refractivity contribution in [3.63, 3.8) is 0 Å². The zero-order chi connectivity index (χ0) is 15.3. The van der Waals surface area contributed by atoms with Crippen LogP contribution in [0.4, 0.5) is 0 Å². The van der Waals surface area contributed by atoms with Crippen LogP contribution in [0.2, 0.25) is 0 Å². The summed E-state index contributed by atoms with van der Waals surface area (Å²) in [4.78, 5) is 25.5. The minimum atomic E-state index is -0.158. The summed E-state index contributed by atoms with van der Waals surface area (Å²) < 4.78 is 11.0. The van der Waals surface area contributed by atoms with Gasteiger partial charge in [-0.15, -0.1) is 0 Å². The summed E-state index contributed by atoms with van der Waals surface area (Å²) in [5.74, 6) is 0. The van der Waals surface area contributed by atoms with Crippen molar-refractivity contribution in [1.29, 1.82) is 0 Å². The van der Waals surface area contributed by atoms with Crippen LogP contribution in [0.3, 0.4) is 0 Å². The molecular weight excluding hydrogens is 298 g/mol. The van der Waals surface area contributed by atoms with E-state index in [9.17, 15) is 9.59 Å². The van der Waals surface area contributed by atoms with Crippen molar-refractivity contribution < 1.29 is 4.74 Å². The molecule has 8 nitrogen and oxygen atoms in total. The predicted molar refractivity (Wildman–Crippen MR) is 77.9 cm³/mol. The Morgan fingerprint density at radius 2 is 1.87 bits per heavy atom. The molecule has 0 amide bonds. The van der Waals surface area contributed by atoms with Crippen LogP contribution in [0.25, 0.3) is 0 Å². The molecule has 9 rings (SSSR count). The predicted octanol–water partition coefficient (Wildman–Crippen LogP) is -1.42. The molecule has 2 saturated carbocycles. The maximum absolute atomic E-state index is 12.8. The van der Waals surface area contributed by atoms with Gasteiger partial charge in [-0.1, -0.05) is 0 Å². The third-order valence-electron chi connectivity index (χ3n) is 8.20. The molecule has 0 aromatic carbocycles. The van der Waals surface area contributed by atoms with Crippen molar-refractivity contribution in [2.75, 3.05) is 13.2 Å². The van der Waals surface area contributed by atoms with Crippen LogP contribution in [-0.2, 0) is 11.8 Å². The number of fused-ring (bicyclic) bond motifs is 1. The first-order valence-corrected chi connectivity index (χ1v) is 8.65. The fraction of sp³-hybridized carbons (Fsp3) is 0.867. The molecular formula is C15H19N5O3. The number of rotatable bonds is 0. The first-order valence-electron chi connectivity index (χ1n) is 8.65. The Morgan fingerprint density at radius 3 is 2.74 bits per heavy atom. The molecule has 6 aliphatic heterocycles. The molecule has 1 N–H and O–H groups in total. The van der Waals surface area contributed by atoms with Gasteiger partial charge in [0.05, 0.1) is 31.3 Å². The third kappa shape index (κ3) is 0.833. The van der Waals surface area contributed by atoms with Crippen LogP contribution in [0, 0.1) is 10.8 Å². The molecule has 2 aliphatic carbocycles. The fourth-order valence-corrected chi connectivity index (χ4v) is 7.68. The van der Waals surface area contributed by atoms with Crippen LogP contribution in [0.15, 0.2) is 9.59 Å². The summed E-state index contributed by atoms with van der Waals surface area (Å²) in [6.07, 6.45) is 3.28. The van der Waals surface area contributed by atoms with Crippen LogP contribution < -0.4 is 16.8 Å². The van der Waals surface area contributed by atoms with Crippen molar-refractivity contribution >= 4 is 0 Å². The molecule has 1 unspecified atom stereocenters. The van der Waals surface area contributed by atoms with Gasteiger partial charge in [0.1, 0.15) is 0 Å². The molecule has 122 valence electrons. The highest BCUT2D eigenvalue weighted by atomic mass is 16.5. The minimum absolute atomic E-state index is 0.00632. The van der Waals surface area contributed by atoms with Gasteiger partial charge in [0, 0.05) is 30.0 Å². The van der Waals surface area contributed by atoms with E-state index in [1.54, 1.807) is 16.4 Å². The van der Waals surface area contributed by atoms with Gasteiger partial charge in [0.25, 0.3) is 0 Å². The van der Waals surface area contributed by atoms with Crippen LogP contribution >= 0.6 is 0 Å². The maximum atomic E-state index is 12.8. The van der Waals surface area contributed by atoms with Gasteiger partial charge in [-0.2, -0.15) is 0 Å². The lowest BCUT2D eigenvalue weighted by Gasteiger charge is -2.65. The molecule has 8 aliphatic rings. The molecule has 7 bridgehead atoms. The summed E-state index contributed by atoms with van der Waals surface area (Å²) >= 11 is 0. The number of hydrogen-bond acceptors (Lipinski definition) is 5. The van der Waals surface area contributed by atoms with Crippen LogP contribution in [-0.4, -0.2) is 50.3 Å². The number of aromatic nitrogens is 3. The first-order chi connectivity index (χ1) is 11.1. The number of ether oxygens (including phenoxy) is 1. The number of hydrogen-bond donors (Lipinski definition) is 1. The van der Waals surface area contributed by atoms with E-state index in [1.165, 1.54) is 11.0 Å². The SMILES string of the molecule is Cn1c(=O)n2n(c1=O)[C@@H]1C[C@@H]3[C@H]2[C@]24COC[C@]12[C@H]1CC[C@@H]4N3N1. The smallest absolute Gasteiger partial charge is 0.347 e. The molecule has 4 saturated heterocycles. The number of nitrogens with one attached hydrogen (secondary N) is 1. The fourth-order valence-electron chi connectivity index (χ4n) is 7.68. The molecule has 1 aromatic heterocycles. The maximum Gasteiger partial charge on any atom is 0.347 e. The Hall–Kier alpha value is -1.38. The van der Waals surface area contributed by atoms with E-state index in [0.29, 0.717) is 18.1 Å². The van der Waals surface area contributed by atoms with Gasteiger partial charge >= 0.3 is 11.4 Å². The zero-order valence-electron chi connectivity index (χ0n) is 12.9. The minimum Gasteiger partial charge on any atom is -0.380 e. The number of nitrogens with zero attached hydrogens (tertiary/aromatic N) is 4. The molecule has 8 atom stereocenters. The lowest BCUT2D eigenvalue weighted by molar-refractivity contribution is -0.165. The molecule has 0 radical (unpaired) electrons. The largest absolute Gasteiger partial charge is 0.380 e. The summed E-state index contributed by atoms with van der Waals surface area (Å²) in [5.41, 5.74) is 3.42. The first kappa shape index (κ1) is 12.0. The van der Waals surface area contributed by atoms with E-state index >= 15 is 0 Å². The Labute approximate surface area is 131 Å². The van der Waals surface area contributed by atoms with E-state index in [1.807, 2.05) is 0 Å². The molecule has 7 heterocycles. The summed E-state index contributed by atoms with van der Waals surface area (Å²) in [7, 11) is 1.61. The van der Waals surface area contributed by atoms with Crippen molar-refractivity contribution in [1.82, 2.24) is 24.4 Å². The summed E-state index contributed by atoms with van der Waals surface area (Å²) in [6.45, 7) is 1.46. The molecule has 1 aromatic rings. The second-order valence-corrected chi connectivity index (χ2v) is 8.33. The second-order valence-electron chi connectivity index (χ2n) is 8.33. The summed E-state index contributed by atoms with van der Waals surface area (Å²) in [5, 5.41) is 2.44. The second kappa shape index (κ2) is 3.10. The Balaban J connectivity index is 1.69. The molecule has 23 heavy (non-hydrogen) atoms. The van der Waals surface area contributed by atoms with Gasteiger partial charge in [-0.25, -0.2) is 28.5 Å². The van der Waals surface area contributed by atoms with Crippen molar-refractivity contribution in [3.8, 4) is 0 Å². The van der Waals surface area contributed by atoms with Crippen molar-refractivity contribution in [2.24, 2.45) is 17.9 Å². The van der Waals surface area contributed by atoms with Crippen LogP contribution in [0.5, 0.6) is 0 Å². The highest BCUT2D eigenvalue weighted by Crippen LogP contribution is 2.77. The topological polar surface area (TPSA) is 73.4 Å². The normalized spacial score (nSPS) is 56.4. The van der Waals surface area contributed by atoms with Crippen LogP contribution in [0.1, 0.15) is 31.3 Å². The van der Waals surface area contributed by atoms with Gasteiger partial charge in [0.15, 0.2) is 0 Å². The zero-order valence-corrected chi connectivity index (χ0v) is 12.9. The third-order valence-corrected chi connectivity index (χ3v) is 8.20. The van der Waals surface area contributed by atoms with Gasteiger partial charge in [-0.05, 0) is 19.3 Å². The monoisotopic (exact) mass is 317 g/mol. The standard InChI is InChI=1S/C15H19N5O3/c1-17-12(21)19-10-4-7-11(20(19)13(17)22)15-6-23-5-14(10,15)8-2-3-9(15)18(7)16-8/h7-11,16H,2-6H2,1H3/t7-,8-,9+,10-,11+,14+,15-/m1/s1. The van der Waals surface area contributed by atoms with E-state index in [4.69, 9.17) is 4.74 Å². The molecule has 1 spiro atoms. The van der Waals surface area contributed by atoms with E-state index in [0.717, 1.165) is 26.1 Å². The van der Waals surface area contributed by atoms with E-state index in [-0.39, 0.29) is 34.3 Å². The quantitative estimate of drug-likeness (QED) is 0.636. The Kier molecular flexibility index (Phi) is 1.62. The summed E-state index contributed by atoms with van der Waals surface area (Å²) in [6, 6.07) is 1.26. The van der Waals surface area contributed by atoms with Crippen molar-refractivity contribution in [3.05, 3.63) is 21.0 Å². The Bertz CT molecular complexity index is 896. The average molecular weight is 317 g/mol. The molecule has 6 fully saturated rings. The lowest BCUT2D eigenvalue weighted by atomic mass is 9.45. The van der Waals surface area contributed by atoms with Crippen molar-refractivity contribution in [2.45, 2.75) is 49.5 Å². The Morgan fingerprint density at radius 1 is 1.09 bits per heavy atom. The molecule has 8 heteroatoms. The lowest BCUT2D eigenvalue weighted by Crippen LogP contribution is -2.75. The highest BCUT2D eigenvalue weighted by molar-refractivity contribution is 5.34. The van der Waals surface area contributed by atoms with E-state index < -0.39 is 0 Å². The average Bonchev–Trinajstić information content (AvgIpc) is 3.16. The van der Waals surface area contributed by atoms with Gasteiger partial charge in [-0.3, -0.25) is 5.43 Å². The number of hydrazine groups is 1. The van der Waals surface area contributed by atoms with Gasteiger partial charge in [0.2, 0.25) is 0 Å². The van der Waals surface area contributed by atoms with E-state index in [2.05, 4.69) is 10.4 Å². The van der Waals surface area contributed by atoms with Gasteiger partial charge < -0.3 is 4.74 Å².